The summed E-state index contributed by atoms with van der Waals surface area (Å²) in [6, 6.07) is 9.94. The van der Waals surface area contributed by atoms with Crippen molar-refractivity contribution in [2.24, 2.45) is 0 Å². The Hall–Kier alpha value is -2.60. The van der Waals surface area contributed by atoms with Gasteiger partial charge in [0.05, 0.1) is 18.8 Å². The largest absolute Gasteiger partial charge is 0.462 e. The topological polar surface area (TPSA) is 80.4 Å². The summed E-state index contributed by atoms with van der Waals surface area (Å²) in [5.74, 6) is -0.914. The molecule has 25 heavy (non-hydrogen) atoms. The fraction of sp³-hybridized carbons (Fsp3) is 0.368. The van der Waals surface area contributed by atoms with Gasteiger partial charge in [0.1, 0.15) is 5.69 Å². The van der Waals surface area contributed by atoms with Crippen molar-refractivity contribution in [2.45, 2.75) is 33.9 Å². The molecule has 0 aliphatic carbocycles. The maximum absolute atomic E-state index is 12.3. The second-order valence-corrected chi connectivity index (χ2v) is 5.51. The van der Waals surface area contributed by atoms with E-state index < -0.39 is 11.9 Å². The molecule has 0 amide bonds. The lowest BCUT2D eigenvalue weighted by molar-refractivity contribution is 0.0517. The van der Waals surface area contributed by atoms with E-state index in [-0.39, 0.29) is 13.2 Å². The standard InChI is InChI=1S/C19H24N2O4/c1-4-24-18(22)16-13(3)17(19(23)25-5-2)21-15(16)12-20-11-14-9-7-6-8-10-14/h6-10,20-21H,4-5,11-12H2,1-3H3. The first-order valence-corrected chi connectivity index (χ1v) is 8.38. The lowest BCUT2D eigenvalue weighted by Gasteiger charge is -2.07. The number of aromatic amines is 1. The molecule has 2 aromatic rings. The predicted octanol–water partition coefficient (Wildman–Crippen LogP) is 2.97. The number of ether oxygens (including phenoxy) is 2. The highest BCUT2D eigenvalue weighted by Gasteiger charge is 2.25. The highest BCUT2D eigenvalue weighted by Crippen LogP contribution is 2.21. The third kappa shape index (κ3) is 4.70. The summed E-state index contributed by atoms with van der Waals surface area (Å²) in [5.41, 5.74) is 2.99. The van der Waals surface area contributed by atoms with E-state index in [1.807, 2.05) is 30.3 Å². The average molecular weight is 344 g/mol. The Morgan fingerprint density at radius 1 is 1.00 bits per heavy atom. The van der Waals surface area contributed by atoms with E-state index in [2.05, 4.69) is 10.3 Å². The first-order valence-electron chi connectivity index (χ1n) is 8.38. The van der Waals surface area contributed by atoms with Crippen molar-refractivity contribution in [3.05, 3.63) is 58.4 Å². The Balaban J connectivity index is 2.20. The lowest BCUT2D eigenvalue weighted by Crippen LogP contribution is -2.16. The molecule has 0 radical (unpaired) electrons. The number of carbonyl (C=O) groups excluding carboxylic acids is 2. The number of nitrogens with one attached hydrogen (secondary N) is 2. The van der Waals surface area contributed by atoms with Crippen LogP contribution in [0.1, 0.15) is 51.5 Å². The Labute approximate surface area is 147 Å². The molecule has 0 fully saturated rings. The average Bonchev–Trinajstić information content (AvgIpc) is 2.93. The van der Waals surface area contributed by atoms with E-state index in [1.54, 1.807) is 20.8 Å². The number of hydrogen-bond acceptors (Lipinski definition) is 5. The van der Waals surface area contributed by atoms with Gasteiger partial charge in [0, 0.05) is 18.8 Å². The van der Waals surface area contributed by atoms with Crippen LogP contribution in [0, 0.1) is 6.92 Å². The van der Waals surface area contributed by atoms with Gasteiger partial charge in [-0.1, -0.05) is 30.3 Å². The number of hydrogen-bond donors (Lipinski definition) is 2. The van der Waals surface area contributed by atoms with Crippen LogP contribution in [0.5, 0.6) is 0 Å². The fourth-order valence-corrected chi connectivity index (χ4v) is 2.61. The second kappa shape index (κ2) is 9.03. The summed E-state index contributed by atoms with van der Waals surface area (Å²) in [6.45, 7) is 6.81. The molecule has 1 aromatic heterocycles. The van der Waals surface area contributed by atoms with Gasteiger partial charge in [0.25, 0.3) is 0 Å². The van der Waals surface area contributed by atoms with E-state index in [4.69, 9.17) is 9.47 Å². The van der Waals surface area contributed by atoms with Crippen LogP contribution < -0.4 is 5.32 Å². The SMILES string of the molecule is CCOC(=O)c1[nH]c(CNCc2ccccc2)c(C(=O)OCC)c1C. The zero-order chi connectivity index (χ0) is 18.2. The van der Waals surface area contributed by atoms with E-state index in [1.165, 1.54) is 0 Å². The van der Waals surface area contributed by atoms with Gasteiger partial charge >= 0.3 is 11.9 Å². The maximum Gasteiger partial charge on any atom is 0.355 e. The van der Waals surface area contributed by atoms with Crippen molar-refractivity contribution in [2.75, 3.05) is 13.2 Å². The van der Waals surface area contributed by atoms with E-state index in [9.17, 15) is 9.59 Å². The molecule has 0 spiro atoms. The smallest absolute Gasteiger partial charge is 0.355 e. The predicted molar refractivity (Wildman–Crippen MR) is 94.4 cm³/mol. The van der Waals surface area contributed by atoms with Crippen LogP contribution >= 0.6 is 0 Å². The van der Waals surface area contributed by atoms with Gasteiger partial charge in [-0.3, -0.25) is 0 Å². The Morgan fingerprint density at radius 3 is 2.28 bits per heavy atom. The second-order valence-electron chi connectivity index (χ2n) is 5.51. The first kappa shape index (κ1) is 18.7. The van der Waals surface area contributed by atoms with Gasteiger partial charge in [-0.25, -0.2) is 9.59 Å². The Bertz CT molecular complexity index is 723. The fourth-order valence-electron chi connectivity index (χ4n) is 2.61. The minimum Gasteiger partial charge on any atom is -0.462 e. The first-order chi connectivity index (χ1) is 12.1. The number of carbonyl (C=O) groups is 2. The van der Waals surface area contributed by atoms with Gasteiger partial charge in [-0.05, 0) is 31.9 Å². The van der Waals surface area contributed by atoms with Crippen molar-refractivity contribution >= 4 is 11.9 Å². The minimum atomic E-state index is -0.472. The highest BCUT2D eigenvalue weighted by atomic mass is 16.5. The molecule has 1 aromatic carbocycles. The number of H-pyrrole nitrogens is 1. The summed E-state index contributed by atoms with van der Waals surface area (Å²) in [6.07, 6.45) is 0. The van der Waals surface area contributed by atoms with Crippen molar-refractivity contribution in [3.63, 3.8) is 0 Å². The van der Waals surface area contributed by atoms with E-state index >= 15 is 0 Å². The Morgan fingerprint density at radius 2 is 1.64 bits per heavy atom. The van der Waals surface area contributed by atoms with Crippen LogP contribution in [-0.2, 0) is 22.6 Å². The molecule has 6 nitrogen and oxygen atoms in total. The van der Waals surface area contributed by atoms with Gasteiger partial charge in [0.15, 0.2) is 0 Å². The van der Waals surface area contributed by atoms with Crippen molar-refractivity contribution < 1.29 is 19.1 Å². The molecule has 1 heterocycles. The van der Waals surface area contributed by atoms with Crippen LogP contribution in [0.25, 0.3) is 0 Å². The number of benzene rings is 1. The van der Waals surface area contributed by atoms with Gasteiger partial charge in [-0.2, -0.15) is 0 Å². The minimum absolute atomic E-state index is 0.271. The summed E-state index contributed by atoms with van der Waals surface area (Å²) in [4.78, 5) is 27.4. The quantitative estimate of drug-likeness (QED) is 0.720. The van der Waals surface area contributed by atoms with Crippen LogP contribution in [0.15, 0.2) is 30.3 Å². The van der Waals surface area contributed by atoms with Crippen LogP contribution in [0.3, 0.4) is 0 Å². The third-order valence-corrected chi connectivity index (χ3v) is 3.76. The summed E-state index contributed by atoms with van der Waals surface area (Å²) in [5, 5.41) is 3.28. The molecule has 2 N–H and O–H groups in total. The van der Waals surface area contributed by atoms with Crippen molar-refractivity contribution in [3.8, 4) is 0 Å². The zero-order valence-corrected chi connectivity index (χ0v) is 14.8. The molecule has 2 rings (SSSR count). The van der Waals surface area contributed by atoms with Crippen molar-refractivity contribution in [1.82, 2.24) is 10.3 Å². The molecular weight excluding hydrogens is 320 g/mol. The summed E-state index contributed by atoms with van der Waals surface area (Å²) < 4.78 is 10.2. The molecule has 0 unspecified atom stereocenters. The molecule has 0 saturated carbocycles. The van der Waals surface area contributed by atoms with Crippen molar-refractivity contribution in [1.29, 1.82) is 0 Å². The molecule has 0 atom stereocenters. The lowest BCUT2D eigenvalue weighted by atomic mass is 10.1. The van der Waals surface area contributed by atoms with Gasteiger partial charge in [0.2, 0.25) is 0 Å². The number of aromatic nitrogens is 1. The maximum atomic E-state index is 12.3. The summed E-state index contributed by atoms with van der Waals surface area (Å²) >= 11 is 0. The number of esters is 2. The molecule has 6 heteroatoms. The Kier molecular flexibility index (Phi) is 6.77. The van der Waals surface area contributed by atoms with E-state index in [0.717, 1.165) is 5.56 Å². The van der Waals surface area contributed by atoms with Gasteiger partial charge < -0.3 is 19.8 Å². The molecule has 0 aliphatic rings. The zero-order valence-electron chi connectivity index (χ0n) is 14.8. The molecule has 0 aliphatic heterocycles. The molecule has 134 valence electrons. The van der Waals surface area contributed by atoms with Gasteiger partial charge in [-0.15, -0.1) is 0 Å². The normalized spacial score (nSPS) is 10.5. The molecular formula is C19H24N2O4. The van der Waals surface area contributed by atoms with Crippen LogP contribution in [0.4, 0.5) is 0 Å². The van der Waals surface area contributed by atoms with Crippen LogP contribution in [-0.4, -0.2) is 30.1 Å². The monoisotopic (exact) mass is 344 g/mol. The molecule has 0 saturated heterocycles. The summed E-state index contributed by atoms with van der Waals surface area (Å²) in [7, 11) is 0. The van der Waals surface area contributed by atoms with E-state index in [0.29, 0.717) is 35.6 Å². The third-order valence-electron chi connectivity index (χ3n) is 3.76. The molecule has 0 bridgehead atoms. The highest BCUT2D eigenvalue weighted by molar-refractivity contribution is 5.98. The van der Waals surface area contributed by atoms with Crippen LogP contribution in [0.2, 0.25) is 0 Å². The number of rotatable bonds is 8.